The van der Waals surface area contributed by atoms with Crippen LogP contribution < -0.4 is 5.32 Å². The summed E-state index contributed by atoms with van der Waals surface area (Å²) in [6.45, 7) is 0. The van der Waals surface area contributed by atoms with E-state index in [4.69, 9.17) is 0 Å². The molecule has 22 heavy (non-hydrogen) atoms. The van der Waals surface area contributed by atoms with Crippen LogP contribution in [0.3, 0.4) is 0 Å². The lowest BCUT2D eigenvalue weighted by atomic mass is 9.77. The third-order valence-electron chi connectivity index (χ3n) is 4.64. The molecule has 5 heteroatoms. The molecule has 1 aliphatic heterocycles. The van der Waals surface area contributed by atoms with Crippen molar-refractivity contribution >= 4 is 11.4 Å². The Balaban J connectivity index is 1.85. The maximum Gasteiger partial charge on any atom is 0.292 e. The van der Waals surface area contributed by atoms with Gasteiger partial charge in [-0.3, -0.25) is 15.1 Å². The van der Waals surface area contributed by atoms with Crippen LogP contribution in [0, 0.1) is 16.0 Å². The number of benzene rings is 1. The number of aromatic nitrogens is 1. The molecule has 0 bridgehead atoms. The van der Waals surface area contributed by atoms with Gasteiger partial charge in [-0.05, 0) is 35.6 Å². The van der Waals surface area contributed by atoms with E-state index in [2.05, 4.69) is 22.5 Å². The number of nitro benzene ring substituents is 1. The Bertz CT molecular complexity index is 758. The van der Waals surface area contributed by atoms with E-state index in [0.29, 0.717) is 11.6 Å². The molecule has 0 saturated heterocycles. The fourth-order valence-corrected chi connectivity index (χ4v) is 3.66. The Morgan fingerprint density at radius 2 is 2.05 bits per heavy atom. The summed E-state index contributed by atoms with van der Waals surface area (Å²) >= 11 is 0. The second kappa shape index (κ2) is 4.94. The van der Waals surface area contributed by atoms with Gasteiger partial charge in [0.05, 0.1) is 11.0 Å². The van der Waals surface area contributed by atoms with Crippen molar-refractivity contribution in [2.75, 3.05) is 5.32 Å². The average Bonchev–Trinajstić information content (AvgIpc) is 3.04. The molecule has 2 aromatic rings. The lowest BCUT2D eigenvalue weighted by Gasteiger charge is -2.37. The van der Waals surface area contributed by atoms with Gasteiger partial charge in [-0.15, -0.1) is 0 Å². The molecule has 0 fully saturated rings. The number of hydrogen-bond donors (Lipinski definition) is 1. The van der Waals surface area contributed by atoms with Crippen LogP contribution in [0.2, 0.25) is 0 Å². The summed E-state index contributed by atoms with van der Waals surface area (Å²) in [4.78, 5) is 15.1. The van der Waals surface area contributed by atoms with Crippen molar-refractivity contribution in [3.05, 3.63) is 76.1 Å². The van der Waals surface area contributed by atoms with E-state index in [9.17, 15) is 10.1 Å². The molecule has 4 rings (SSSR count). The van der Waals surface area contributed by atoms with Gasteiger partial charge in [0, 0.05) is 24.4 Å². The smallest absolute Gasteiger partial charge is 0.292 e. The van der Waals surface area contributed by atoms with Gasteiger partial charge in [0.15, 0.2) is 0 Å². The number of rotatable bonds is 2. The van der Waals surface area contributed by atoms with Crippen molar-refractivity contribution in [1.82, 2.24) is 4.98 Å². The van der Waals surface area contributed by atoms with Gasteiger partial charge in [0.2, 0.25) is 0 Å². The Labute approximate surface area is 127 Å². The van der Waals surface area contributed by atoms with Crippen molar-refractivity contribution in [1.29, 1.82) is 0 Å². The van der Waals surface area contributed by atoms with E-state index in [-0.39, 0.29) is 22.6 Å². The molecule has 0 saturated carbocycles. The number of nitrogens with zero attached hydrogens (tertiary/aromatic N) is 2. The maximum atomic E-state index is 11.3. The van der Waals surface area contributed by atoms with Crippen LogP contribution in [-0.2, 0) is 0 Å². The van der Waals surface area contributed by atoms with E-state index in [1.165, 1.54) is 0 Å². The van der Waals surface area contributed by atoms with Crippen LogP contribution in [0.25, 0.3) is 0 Å². The van der Waals surface area contributed by atoms with Gasteiger partial charge in [-0.1, -0.05) is 24.3 Å². The van der Waals surface area contributed by atoms with Gasteiger partial charge < -0.3 is 5.32 Å². The van der Waals surface area contributed by atoms with Gasteiger partial charge in [-0.25, -0.2) is 0 Å². The molecule has 5 nitrogen and oxygen atoms in total. The Morgan fingerprint density at radius 3 is 2.82 bits per heavy atom. The maximum absolute atomic E-state index is 11.3. The first-order valence-corrected chi connectivity index (χ1v) is 7.36. The van der Waals surface area contributed by atoms with Crippen molar-refractivity contribution in [3.8, 4) is 0 Å². The highest BCUT2D eigenvalue weighted by Gasteiger charge is 2.40. The minimum atomic E-state index is -0.311. The largest absolute Gasteiger partial charge is 0.372 e. The minimum Gasteiger partial charge on any atom is -0.372 e. The highest BCUT2D eigenvalue weighted by atomic mass is 16.6. The van der Waals surface area contributed by atoms with Gasteiger partial charge in [0.1, 0.15) is 5.69 Å². The average molecular weight is 293 g/mol. The number of nitrogens with one attached hydrogen (secondary N) is 1. The zero-order valence-electron chi connectivity index (χ0n) is 11.8. The zero-order valence-corrected chi connectivity index (χ0v) is 11.8. The fourth-order valence-electron chi connectivity index (χ4n) is 3.66. The highest BCUT2D eigenvalue weighted by Crippen LogP contribution is 2.51. The summed E-state index contributed by atoms with van der Waals surface area (Å²) in [5, 5.41) is 14.8. The van der Waals surface area contributed by atoms with Crippen LogP contribution in [0.4, 0.5) is 11.4 Å². The number of pyridine rings is 1. The fraction of sp³-hybridized carbons (Fsp3) is 0.235. The minimum absolute atomic E-state index is 0.0663. The normalized spacial score (nSPS) is 25.2. The van der Waals surface area contributed by atoms with Crippen molar-refractivity contribution < 1.29 is 4.92 Å². The molecule has 110 valence electrons. The van der Waals surface area contributed by atoms with Crippen molar-refractivity contribution in [3.63, 3.8) is 0 Å². The van der Waals surface area contributed by atoms with Crippen LogP contribution in [-0.4, -0.2) is 9.91 Å². The predicted octanol–water partition coefficient (Wildman–Crippen LogP) is 3.82. The molecular weight excluding hydrogens is 278 g/mol. The first kappa shape index (κ1) is 13.0. The van der Waals surface area contributed by atoms with E-state index >= 15 is 0 Å². The quantitative estimate of drug-likeness (QED) is 0.519. The third kappa shape index (κ3) is 1.89. The molecule has 2 heterocycles. The van der Waals surface area contributed by atoms with Crippen molar-refractivity contribution in [2.24, 2.45) is 5.92 Å². The molecule has 0 radical (unpaired) electrons. The van der Waals surface area contributed by atoms with E-state index in [1.54, 1.807) is 24.5 Å². The monoisotopic (exact) mass is 293 g/mol. The van der Waals surface area contributed by atoms with Crippen molar-refractivity contribution in [2.45, 2.75) is 18.4 Å². The number of para-hydroxylation sites is 1. The topological polar surface area (TPSA) is 68.1 Å². The van der Waals surface area contributed by atoms with E-state index < -0.39 is 0 Å². The SMILES string of the molecule is O=[N+]([O-])c1cccc2c1N[C@H](c1ccncc1)[C@@H]1CC=C[C@H]21. The zero-order chi connectivity index (χ0) is 15.1. The third-order valence-corrected chi connectivity index (χ3v) is 4.64. The molecule has 1 aliphatic carbocycles. The lowest BCUT2D eigenvalue weighted by Crippen LogP contribution is -2.29. The van der Waals surface area contributed by atoms with Gasteiger partial charge in [-0.2, -0.15) is 0 Å². The molecule has 0 unspecified atom stereocenters. The Kier molecular flexibility index (Phi) is 2.92. The summed E-state index contributed by atoms with van der Waals surface area (Å²) in [6, 6.07) is 9.35. The number of nitro groups is 1. The molecule has 1 N–H and O–H groups in total. The summed E-state index contributed by atoms with van der Waals surface area (Å²) in [6.07, 6.45) is 8.88. The number of allylic oxidation sites excluding steroid dienone is 2. The number of hydrogen-bond acceptors (Lipinski definition) is 4. The molecular formula is C17H15N3O2. The van der Waals surface area contributed by atoms with Gasteiger partial charge >= 0.3 is 0 Å². The number of fused-ring (bicyclic) bond motifs is 3. The van der Waals surface area contributed by atoms with E-state index in [0.717, 1.165) is 17.5 Å². The molecule has 0 amide bonds. The molecule has 3 atom stereocenters. The Hall–Kier alpha value is -2.69. The molecule has 0 spiro atoms. The lowest BCUT2D eigenvalue weighted by molar-refractivity contribution is -0.384. The van der Waals surface area contributed by atoms with Crippen LogP contribution in [0.15, 0.2) is 54.9 Å². The molecule has 1 aromatic carbocycles. The Morgan fingerprint density at radius 1 is 1.23 bits per heavy atom. The van der Waals surface area contributed by atoms with E-state index in [1.807, 2.05) is 18.2 Å². The number of anilines is 1. The first-order valence-electron chi connectivity index (χ1n) is 7.36. The van der Waals surface area contributed by atoms with Crippen LogP contribution >= 0.6 is 0 Å². The summed E-state index contributed by atoms with van der Waals surface area (Å²) in [5.41, 5.74) is 2.95. The summed E-state index contributed by atoms with van der Waals surface area (Å²) < 4.78 is 0. The standard InChI is InChI=1S/C17H15N3O2/c21-20(22)15-6-2-5-14-12-3-1-4-13(12)16(19-17(14)15)11-7-9-18-10-8-11/h1-3,5-10,12-13,16,19H,4H2/t12-,13+,16+/m0/s1. The van der Waals surface area contributed by atoms with Crippen LogP contribution in [0.1, 0.15) is 29.5 Å². The summed E-state index contributed by atoms with van der Waals surface area (Å²) in [7, 11) is 0. The molecule has 2 aliphatic rings. The van der Waals surface area contributed by atoms with Crippen LogP contribution in [0.5, 0.6) is 0 Å². The second-order valence-electron chi connectivity index (χ2n) is 5.75. The molecule has 1 aromatic heterocycles. The highest BCUT2D eigenvalue weighted by molar-refractivity contribution is 5.71. The summed E-state index contributed by atoms with van der Waals surface area (Å²) in [5.74, 6) is 0.617. The predicted molar refractivity (Wildman–Crippen MR) is 83.7 cm³/mol. The van der Waals surface area contributed by atoms with Gasteiger partial charge in [0.25, 0.3) is 5.69 Å². The first-order chi connectivity index (χ1) is 10.8. The second-order valence-corrected chi connectivity index (χ2v) is 5.75.